The van der Waals surface area contributed by atoms with Crippen LogP contribution in [0.15, 0.2) is 48.8 Å². The summed E-state index contributed by atoms with van der Waals surface area (Å²) in [6, 6.07) is 10.9. The molecule has 1 amide bonds. The number of amides is 1. The van der Waals surface area contributed by atoms with Gasteiger partial charge in [0.1, 0.15) is 5.69 Å². The number of fused-ring (bicyclic) bond motifs is 1. The molecular formula is C15H13N3O2. The molecule has 5 nitrogen and oxygen atoms in total. The van der Waals surface area contributed by atoms with Gasteiger partial charge in [0.15, 0.2) is 0 Å². The Morgan fingerprint density at radius 1 is 1.30 bits per heavy atom. The Balaban J connectivity index is 1.87. The van der Waals surface area contributed by atoms with Crippen molar-refractivity contribution in [2.24, 2.45) is 0 Å². The van der Waals surface area contributed by atoms with Crippen LogP contribution in [0, 0.1) is 0 Å². The van der Waals surface area contributed by atoms with Crippen molar-refractivity contribution in [3.63, 3.8) is 0 Å². The van der Waals surface area contributed by atoms with Crippen LogP contribution in [0.25, 0.3) is 5.57 Å². The van der Waals surface area contributed by atoms with Gasteiger partial charge in [0.25, 0.3) is 5.91 Å². The Morgan fingerprint density at radius 2 is 2.20 bits per heavy atom. The highest BCUT2D eigenvalue weighted by Gasteiger charge is 2.24. The molecule has 100 valence electrons. The zero-order chi connectivity index (χ0) is 13.9. The maximum Gasteiger partial charge on any atom is 0.259 e. The lowest BCUT2D eigenvalue weighted by Crippen LogP contribution is -2.05. The van der Waals surface area contributed by atoms with Crippen LogP contribution in [0.1, 0.15) is 11.3 Å². The maximum atomic E-state index is 11.9. The Morgan fingerprint density at radius 3 is 3.05 bits per heavy atom. The molecule has 3 rings (SSSR count). The largest absolute Gasteiger partial charge is 0.392 e. The van der Waals surface area contributed by atoms with E-state index in [1.54, 1.807) is 18.5 Å². The molecule has 2 heterocycles. The number of aliphatic hydroxyl groups is 1. The van der Waals surface area contributed by atoms with Gasteiger partial charge in [-0.3, -0.25) is 9.78 Å². The molecule has 0 saturated heterocycles. The lowest BCUT2D eigenvalue weighted by molar-refractivity contribution is -0.110. The molecule has 1 aromatic heterocycles. The molecule has 1 aliphatic rings. The second-order valence-corrected chi connectivity index (χ2v) is 4.41. The standard InChI is InChI=1S/C15H13N3O2/c19-9-10-3-1-4-11(7-10)17-8-12-14-13(18-15(12)20)5-2-6-16-14/h1-8,17,19H,9H2,(H,18,20)/b12-8+. The quantitative estimate of drug-likeness (QED) is 0.743. The molecule has 1 aliphatic heterocycles. The first-order valence-electron chi connectivity index (χ1n) is 6.21. The fourth-order valence-electron chi connectivity index (χ4n) is 2.07. The van der Waals surface area contributed by atoms with E-state index in [1.165, 1.54) is 0 Å². The molecule has 0 aliphatic carbocycles. The highest BCUT2D eigenvalue weighted by Crippen LogP contribution is 2.29. The number of anilines is 2. The van der Waals surface area contributed by atoms with Gasteiger partial charge in [-0.2, -0.15) is 0 Å². The fraction of sp³-hybridized carbons (Fsp3) is 0.0667. The minimum absolute atomic E-state index is 0.0169. The number of hydrogen-bond donors (Lipinski definition) is 3. The predicted octanol–water partition coefficient (Wildman–Crippen LogP) is 1.98. The summed E-state index contributed by atoms with van der Waals surface area (Å²) in [5.41, 5.74) is 3.47. The first-order chi connectivity index (χ1) is 9.78. The van der Waals surface area contributed by atoms with E-state index in [0.29, 0.717) is 11.3 Å². The third kappa shape index (κ3) is 2.26. The summed E-state index contributed by atoms with van der Waals surface area (Å²) >= 11 is 0. The van der Waals surface area contributed by atoms with Gasteiger partial charge in [-0.25, -0.2) is 0 Å². The number of pyridine rings is 1. The summed E-state index contributed by atoms with van der Waals surface area (Å²) in [6.07, 6.45) is 3.28. The van der Waals surface area contributed by atoms with Crippen molar-refractivity contribution in [2.75, 3.05) is 10.6 Å². The second-order valence-electron chi connectivity index (χ2n) is 4.41. The number of aliphatic hydroxyl groups excluding tert-OH is 1. The maximum absolute atomic E-state index is 11.9. The number of nitrogens with zero attached hydrogens (tertiary/aromatic N) is 1. The topological polar surface area (TPSA) is 74.2 Å². The molecule has 1 aromatic carbocycles. The zero-order valence-electron chi connectivity index (χ0n) is 10.6. The van der Waals surface area contributed by atoms with E-state index in [1.807, 2.05) is 30.3 Å². The van der Waals surface area contributed by atoms with Gasteiger partial charge in [0.05, 0.1) is 17.9 Å². The van der Waals surface area contributed by atoms with Gasteiger partial charge < -0.3 is 15.7 Å². The summed E-state index contributed by atoms with van der Waals surface area (Å²) < 4.78 is 0. The fourth-order valence-corrected chi connectivity index (χ4v) is 2.07. The van der Waals surface area contributed by atoms with Crippen molar-refractivity contribution in [1.82, 2.24) is 4.98 Å². The molecule has 20 heavy (non-hydrogen) atoms. The van der Waals surface area contributed by atoms with Crippen LogP contribution in [0.4, 0.5) is 11.4 Å². The van der Waals surface area contributed by atoms with Gasteiger partial charge in [0.2, 0.25) is 0 Å². The second kappa shape index (κ2) is 5.14. The van der Waals surface area contributed by atoms with Crippen molar-refractivity contribution >= 4 is 22.9 Å². The third-order valence-corrected chi connectivity index (χ3v) is 3.05. The van der Waals surface area contributed by atoms with Crippen LogP contribution in [0.3, 0.4) is 0 Å². The average Bonchev–Trinajstić information content (AvgIpc) is 2.81. The number of rotatable bonds is 3. The summed E-state index contributed by atoms with van der Waals surface area (Å²) in [5.74, 6) is -0.176. The number of aromatic nitrogens is 1. The summed E-state index contributed by atoms with van der Waals surface area (Å²) in [5, 5.41) is 14.9. The Labute approximate surface area is 116 Å². The molecule has 0 saturated carbocycles. The van der Waals surface area contributed by atoms with E-state index in [2.05, 4.69) is 15.6 Å². The van der Waals surface area contributed by atoms with E-state index in [4.69, 9.17) is 5.11 Å². The van der Waals surface area contributed by atoms with Gasteiger partial charge in [-0.05, 0) is 29.8 Å². The van der Waals surface area contributed by atoms with Crippen LogP contribution >= 0.6 is 0 Å². The van der Waals surface area contributed by atoms with Gasteiger partial charge in [0, 0.05) is 18.1 Å². The van der Waals surface area contributed by atoms with E-state index in [0.717, 1.165) is 16.9 Å². The molecule has 0 spiro atoms. The van der Waals surface area contributed by atoms with Crippen LogP contribution in [-0.4, -0.2) is 16.0 Å². The van der Waals surface area contributed by atoms with Crippen LogP contribution in [0.2, 0.25) is 0 Å². The lowest BCUT2D eigenvalue weighted by Gasteiger charge is -2.04. The molecule has 2 aromatic rings. The third-order valence-electron chi connectivity index (χ3n) is 3.05. The SMILES string of the molecule is O=C1Nc2cccnc2/C1=C\Nc1cccc(CO)c1. The zero-order valence-corrected chi connectivity index (χ0v) is 10.6. The number of hydrogen-bond acceptors (Lipinski definition) is 4. The summed E-state index contributed by atoms with van der Waals surface area (Å²) in [4.78, 5) is 16.1. The predicted molar refractivity (Wildman–Crippen MR) is 76.8 cm³/mol. The van der Waals surface area contributed by atoms with E-state index >= 15 is 0 Å². The smallest absolute Gasteiger partial charge is 0.259 e. The average molecular weight is 267 g/mol. The van der Waals surface area contributed by atoms with E-state index in [9.17, 15) is 4.79 Å². The highest BCUT2D eigenvalue weighted by atomic mass is 16.3. The van der Waals surface area contributed by atoms with Crippen molar-refractivity contribution in [3.8, 4) is 0 Å². The summed E-state index contributed by atoms with van der Waals surface area (Å²) in [6.45, 7) is -0.0169. The van der Waals surface area contributed by atoms with Gasteiger partial charge in [-0.15, -0.1) is 0 Å². The van der Waals surface area contributed by atoms with Crippen molar-refractivity contribution < 1.29 is 9.90 Å². The molecule has 0 fully saturated rings. The lowest BCUT2D eigenvalue weighted by atomic mass is 10.2. The Kier molecular flexibility index (Phi) is 3.18. The van der Waals surface area contributed by atoms with E-state index < -0.39 is 0 Å². The Bertz CT molecular complexity index is 695. The molecule has 0 radical (unpaired) electrons. The van der Waals surface area contributed by atoms with Crippen molar-refractivity contribution in [1.29, 1.82) is 0 Å². The number of nitrogens with one attached hydrogen (secondary N) is 2. The summed E-state index contributed by atoms with van der Waals surface area (Å²) in [7, 11) is 0. The molecule has 5 heteroatoms. The minimum atomic E-state index is -0.176. The molecule has 0 bridgehead atoms. The molecular weight excluding hydrogens is 254 g/mol. The van der Waals surface area contributed by atoms with Gasteiger partial charge in [-0.1, -0.05) is 12.1 Å². The van der Waals surface area contributed by atoms with Crippen molar-refractivity contribution in [3.05, 3.63) is 60.1 Å². The van der Waals surface area contributed by atoms with Crippen LogP contribution < -0.4 is 10.6 Å². The number of carbonyl (C=O) groups is 1. The monoisotopic (exact) mass is 267 g/mol. The molecule has 0 unspecified atom stereocenters. The number of benzene rings is 1. The Hall–Kier alpha value is -2.66. The van der Waals surface area contributed by atoms with Crippen LogP contribution in [0.5, 0.6) is 0 Å². The van der Waals surface area contributed by atoms with Gasteiger partial charge >= 0.3 is 0 Å². The first-order valence-corrected chi connectivity index (χ1v) is 6.21. The number of carbonyl (C=O) groups excluding carboxylic acids is 1. The minimum Gasteiger partial charge on any atom is -0.392 e. The molecule has 0 atom stereocenters. The first kappa shape index (κ1) is 12.4. The molecule has 3 N–H and O–H groups in total. The van der Waals surface area contributed by atoms with E-state index in [-0.39, 0.29) is 12.5 Å². The van der Waals surface area contributed by atoms with Crippen LogP contribution in [-0.2, 0) is 11.4 Å². The normalized spacial score (nSPS) is 15.1. The van der Waals surface area contributed by atoms with Crippen molar-refractivity contribution in [2.45, 2.75) is 6.61 Å². The highest BCUT2D eigenvalue weighted by molar-refractivity contribution is 6.31.